The Kier molecular flexibility index (Phi) is 10.8. The lowest BCUT2D eigenvalue weighted by Crippen LogP contribution is -2.18. The molecule has 2 heterocycles. The monoisotopic (exact) mass is 766 g/mol. The summed E-state index contributed by atoms with van der Waals surface area (Å²) in [5.41, 5.74) is 14.3. The van der Waals surface area contributed by atoms with Gasteiger partial charge in [0.05, 0.1) is 11.4 Å². The van der Waals surface area contributed by atoms with Crippen molar-refractivity contribution in [1.29, 1.82) is 0 Å². The van der Waals surface area contributed by atoms with E-state index in [9.17, 15) is 5.11 Å². The van der Waals surface area contributed by atoms with Crippen LogP contribution in [0.2, 0.25) is 0 Å². The summed E-state index contributed by atoms with van der Waals surface area (Å²) >= 11 is 1.65. The lowest BCUT2D eigenvalue weighted by atomic mass is 9.78. The quantitative estimate of drug-likeness (QED) is 0.167. The first kappa shape index (κ1) is 39.8. The molecule has 0 fully saturated rings. The largest absolute Gasteiger partial charge is 0.507 e. The van der Waals surface area contributed by atoms with E-state index in [2.05, 4.69) is 189 Å². The average Bonchev–Trinajstić information content (AvgIpc) is 3.17. The van der Waals surface area contributed by atoms with Gasteiger partial charge in [-0.15, -0.1) is 0 Å². The van der Waals surface area contributed by atoms with E-state index in [1.54, 1.807) is 11.8 Å². The molecule has 3 nitrogen and oxygen atoms in total. The highest BCUT2D eigenvalue weighted by Gasteiger charge is 2.27. The highest BCUT2D eigenvalue weighted by molar-refractivity contribution is 7.99. The second kappa shape index (κ2) is 15.5. The van der Waals surface area contributed by atoms with E-state index in [0.717, 1.165) is 60.3 Å². The van der Waals surface area contributed by atoms with Gasteiger partial charge in [0.25, 0.3) is 0 Å². The molecule has 0 saturated carbocycles. The number of benzene rings is 5. The summed E-state index contributed by atoms with van der Waals surface area (Å²) in [6, 6.07) is 47.6. The van der Waals surface area contributed by atoms with Crippen LogP contribution in [0.15, 0.2) is 150 Å². The third kappa shape index (κ3) is 8.48. The zero-order chi connectivity index (χ0) is 40.7. The molecule has 0 unspecified atom stereocenters. The molecule has 7 aromatic rings. The van der Waals surface area contributed by atoms with Gasteiger partial charge in [-0.1, -0.05) is 152 Å². The van der Waals surface area contributed by atoms with Crippen LogP contribution in [0.5, 0.6) is 5.75 Å². The van der Waals surface area contributed by atoms with Crippen LogP contribution in [0.1, 0.15) is 88.8 Å². The van der Waals surface area contributed by atoms with Crippen molar-refractivity contribution in [3.63, 3.8) is 0 Å². The predicted molar refractivity (Wildman–Crippen MR) is 241 cm³/mol. The Balaban J connectivity index is 1.45. The fourth-order valence-electron chi connectivity index (χ4n) is 7.67. The lowest BCUT2D eigenvalue weighted by Gasteiger charge is -2.27. The summed E-state index contributed by atoms with van der Waals surface area (Å²) in [4.78, 5) is 11.2. The summed E-state index contributed by atoms with van der Waals surface area (Å²) in [5.74, 6) is 0.284. The standard InChI is InChI=1S/C53H54N2OS/c1-34-17-16-18-35(2)49(34)39-30-46(55-47(31-39)44-32-42(51(3,4)5)33-45(50(44)56)52(6,7)8)38-27-37(28-43(29-38)57-48-21-14-15-26-54-48)36-22-24-41(25-23-36)53(9,10)40-19-12-11-13-20-40/h11-33,56H,1-10H3. The van der Waals surface area contributed by atoms with Gasteiger partial charge in [0.1, 0.15) is 10.8 Å². The van der Waals surface area contributed by atoms with Crippen LogP contribution in [-0.4, -0.2) is 15.1 Å². The molecular formula is C53H54N2OS. The Morgan fingerprint density at radius 2 is 1.14 bits per heavy atom. The van der Waals surface area contributed by atoms with E-state index in [4.69, 9.17) is 4.98 Å². The summed E-state index contributed by atoms with van der Waals surface area (Å²) in [5, 5.41) is 13.0. The minimum absolute atomic E-state index is 0.132. The van der Waals surface area contributed by atoms with Gasteiger partial charge >= 0.3 is 0 Å². The number of aryl methyl sites for hydroxylation is 2. The molecule has 5 aromatic carbocycles. The SMILES string of the molecule is Cc1cccc(C)c1-c1cc(-c2cc(Sc3ccccn3)cc(-c3ccc(C(C)(C)c4ccccc4)cc3)c2)nc(-c2cc(C(C)(C)C)cc(C(C)(C)C)c2O)c1. The molecule has 0 amide bonds. The molecule has 0 atom stereocenters. The number of phenolic OH excluding ortho intramolecular Hbond substituents is 1. The number of pyridine rings is 2. The van der Waals surface area contributed by atoms with E-state index in [1.165, 1.54) is 27.8 Å². The van der Waals surface area contributed by atoms with Gasteiger partial charge in [-0.2, -0.15) is 0 Å². The van der Waals surface area contributed by atoms with Crippen molar-refractivity contribution >= 4 is 11.8 Å². The zero-order valence-corrected chi connectivity index (χ0v) is 35.8. The number of aromatic hydroxyl groups is 1. The van der Waals surface area contributed by atoms with Crippen LogP contribution in [0.4, 0.5) is 0 Å². The number of rotatable bonds is 8. The minimum Gasteiger partial charge on any atom is -0.507 e. The van der Waals surface area contributed by atoms with Crippen molar-refractivity contribution < 1.29 is 5.11 Å². The highest BCUT2D eigenvalue weighted by atomic mass is 32.2. The molecule has 288 valence electrons. The van der Waals surface area contributed by atoms with E-state index in [0.29, 0.717) is 0 Å². The summed E-state index contributed by atoms with van der Waals surface area (Å²) < 4.78 is 0. The molecule has 2 aromatic heterocycles. The third-order valence-corrected chi connectivity index (χ3v) is 12.1. The molecule has 0 spiro atoms. The molecule has 57 heavy (non-hydrogen) atoms. The van der Waals surface area contributed by atoms with Crippen LogP contribution >= 0.6 is 11.8 Å². The maximum absolute atomic E-state index is 12.1. The zero-order valence-electron chi connectivity index (χ0n) is 35.0. The van der Waals surface area contributed by atoms with E-state index < -0.39 is 0 Å². The lowest BCUT2D eigenvalue weighted by molar-refractivity contribution is 0.446. The molecule has 1 N–H and O–H groups in total. The first-order valence-corrected chi connectivity index (χ1v) is 20.7. The van der Waals surface area contributed by atoms with E-state index >= 15 is 0 Å². The van der Waals surface area contributed by atoms with Gasteiger partial charge in [0.15, 0.2) is 0 Å². The van der Waals surface area contributed by atoms with Crippen LogP contribution < -0.4 is 0 Å². The normalized spacial score (nSPS) is 12.2. The summed E-state index contributed by atoms with van der Waals surface area (Å²) in [6.45, 7) is 22.1. The van der Waals surface area contributed by atoms with Crippen LogP contribution in [0.25, 0.3) is 44.8 Å². The van der Waals surface area contributed by atoms with Gasteiger partial charge in [0.2, 0.25) is 0 Å². The van der Waals surface area contributed by atoms with Gasteiger partial charge < -0.3 is 5.11 Å². The maximum Gasteiger partial charge on any atom is 0.128 e. The molecule has 0 aliphatic heterocycles. The van der Waals surface area contributed by atoms with E-state index in [-0.39, 0.29) is 22.0 Å². The summed E-state index contributed by atoms with van der Waals surface area (Å²) in [7, 11) is 0. The second-order valence-electron chi connectivity index (χ2n) is 17.9. The van der Waals surface area contributed by atoms with Crippen molar-refractivity contribution in [3.8, 4) is 50.5 Å². The first-order valence-electron chi connectivity index (χ1n) is 19.9. The van der Waals surface area contributed by atoms with Crippen molar-refractivity contribution in [2.45, 2.75) is 95.4 Å². The minimum atomic E-state index is -0.273. The van der Waals surface area contributed by atoms with Gasteiger partial charge in [-0.3, -0.25) is 0 Å². The van der Waals surface area contributed by atoms with Crippen molar-refractivity contribution in [2.75, 3.05) is 0 Å². The van der Waals surface area contributed by atoms with Crippen LogP contribution in [0.3, 0.4) is 0 Å². The third-order valence-electron chi connectivity index (χ3n) is 11.2. The van der Waals surface area contributed by atoms with E-state index in [1.807, 2.05) is 24.4 Å². The second-order valence-corrected chi connectivity index (χ2v) is 19.0. The van der Waals surface area contributed by atoms with Gasteiger partial charge in [-0.05, 0) is 123 Å². The Morgan fingerprint density at radius 1 is 0.509 bits per heavy atom. The average molecular weight is 767 g/mol. The molecule has 0 saturated heterocycles. The smallest absolute Gasteiger partial charge is 0.128 e. The fourth-order valence-corrected chi connectivity index (χ4v) is 8.54. The van der Waals surface area contributed by atoms with Gasteiger partial charge in [0, 0.05) is 33.2 Å². The van der Waals surface area contributed by atoms with Crippen molar-refractivity contribution in [2.24, 2.45) is 0 Å². The molecule has 0 aliphatic rings. The Hall–Kier alpha value is -5.45. The molecule has 4 heteroatoms. The predicted octanol–water partition coefficient (Wildman–Crippen LogP) is 14.5. The summed E-state index contributed by atoms with van der Waals surface area (Å²) in [6.07, 6.45) is 1.84. The Labute approximate surface area is 344 Å². The molecular weight excluding hydrogens is 713 g/mol. The molecule has 7 rings (SSSR count). The molecule has 0 bridgehead atoms. The number of phenols is 1. The Morgan fingerprint density at radius 3 is 1.77 bits per heavy atom. The first-order chi connectivity index (χ1) is 27.0. The van der Waals surface area contributed by atoms with Crippen molar-refractivity contribution in [1.82, 2.24) is 9.97 Å². The van der Waals surface area contributed by atoms with Crippen molar-refractivity contribution in [3.05, 3.63) is 173 Å². The number of hydrogen-bond donors (Lipinski definition) is 1. The molecule has 0 radical (unpaired) electrons. The topological polar surface area (TPSA) is 46.0 Å². The highest BCUT2D eigenvalue weighted by Crippen LogP contribution is 2.44. The Bertz CT molecular complexity index is 2520. The van der Waals surface area contributed by atoms with Crippen LogP contribution in [-0.2, 0) is 16.2 Å². The number of hydrogen-bond acceptors (Lipinski definition) is 4. The fraction of sp³-hybridized carbons (Fsp3) is 0.245. The van der Waals surface area contributed by atoms with Crippen LogP contribution in [0, 0.1) is 13.8 Å². The number of nitrogens with zero attached hydrogens (tertiary/aromatic N) is 2. The number of aromatic nitrogens is 2. The molecule has 0 aliphatic carbocycles. The maximum atomic E-state index is 12.1. The van der Waals surface area contributed by atoms with Gasteiger partial charge in [-0.25, -0.2) is 9.97 Å².